The molecule has 0 fully saturated rings. The first-order valence-electron chi connectivity index (χ1n) is 7.52. The van der Waals surface area contributed by atoms with Crippen molar-refractivity contribution >= 4 is 26.7 Å². The summed E-state index contributed by atoms with van der Waals surface area (Å²) in [5, 5.41) is 3.85. The normalized spacial score (nSPS) is 15.2. The number of anilines is 1. The van der Waals surface area contributed by atoms with Gasteiger partial charge in [0, 0.05) is 23.5 Å². The van der Waals surface area contributed by atoms with Crippen molar-refractivity contribution in [2.75, 3.05) is 11.3 Å². The molecule has 2 N–H and O–H groups in total. The average molecular weight is 387 g/mol. The van der Waals surface area contributed by atoms with E-state index in [0.717, 1.165) is 24.4 Å². The van der Waals surface area contributed by atoms with Gasteiger partial charge in [0.25, 0.3) is 10.0 Å². The van der Waals surface area contributed by atoms with E-state index < -0.39 is 21.8 Å². The Bertz CT molecular complexity index is 1090. The highest BCUT2D eigenvalue weighted by molar-refractivity contribution is 7.93. The second-order valence-electron chi connectivity index (χ2n) is 5.75. The Kier molecular flexibility index (Phi) is 3.74. The van der Waals surface area contributed by atoms with Crippen LogP contribution in [-0.4, -0.2) is 25.2 Å². The van der Waals surface area contributed by atoms with Crippen LogP contribution in [0.2, 0.25) is 0 Å². The molecule has 26 heavy (non-hydrogen) atoms. The number of fused-ring (bicyclic) bond motifs is 2. The number of hydrogen-bond donors (Lipinski definition) is 2. The van der Waals surface area contributed by atoms with Crippen molar-refractivity contribution in [1.82, 2.24) is 10.1 Å². The molecule has 3 aromatic rings. The van der Waals surface area contributed by atoms with E-state index in [-0.39, 0.29) is 28.2 Å². The summed E-state index contributed by atoms with van der Waals surface area (Å²) in [5.74, 6) is 0.559. The quantitative estimate of drug-likeness (QED) is 0.720. The predicted octanol–water partition coefficient (Wildman–Crippen LogP) is 3.05. The lowest BCUT2D eigenvalue weighted by Crippen LogP contribution is -2.16. The molecule has 138 valence electrons. The second kappa shape index (κ2) is 5.74. The fourth-order valence-electron chi connectivity index (χ4n) is 2.79. The molecule has 0 saturated heterocycles. The van der Waals surface area contributed by atoms with Crippen LogP contribution in [0.25, 0.3) is 10.9 Å². The van der Waals surface area contributed by atoms with Gasteiger partial charge in [-0.25, -0.2) is 8.42 Å². The number of aromatic nitrogens is 2. The van der Waals surface area contributed by atoms with Gasteiger partial charge in [-0.3, -0.25) is 4.72 Å². The van der Waals surface area contributed by atoms with E-state index >= 15 is 0 Å². The summed E-state index contributed by atoms with van der Waals surface area (Å²) < 4.78 is 76.4. The molecule has 0 atom stereocenters. The maximum Gasteiger partial charge on any atom is 0.416 e. The Morgan fingerprint density at radius 1 is 1.27 bits per heavy atom. The SMILES string of the molecule is O=S(=O)(Nc1noc2c1COCC2)c1c[nH]c2cc(C(F)(F)F)ccc12. The predicted molar refractivity (Wildman–Crippen MR) is 84.0 cm³/mol. The van der Waals surface area contributed by atoms with Gasteiger partial charge in [0.2, 0.25) is 0 Å². The van der Waals surface area contributed by atoms with Crippen molar-refractivity contribution < 1.29 is 30.8 Å². The number of alkyl halides is 3. The molecule has 0 unspecified atom stereocenters. The van der Waals surface area contributed by atoms with Crippen LogP contribution in [0.4, 0.5) is 19.0 Å². The lowest BCUT2D eigenvalue weighted by Gasteiger charge is -2.11. The van der Waals surface area contributed by atoms with Gasteiger partial charge in [-0.15, -0.1) is 0 Å². The van der Waals surface area contributed by atoms with Gasteiger partial charge in [0.05, 0.1) is 24.3 Å². The van der Waals surface area contributed by atoms with Crippen molar-refractivity contribution in [3.63, 3.8) is 0 Å². The van der Waals surface area contributed by atoms with E-state index in [9.17, 15) is 21.6 Å². The molecule has 0 radical (unpaired) electrons. The third-order valence-corrected chi connectivity index (χ3v) is 5.46. The number of hydrogen-bond acceptors (Lipinski definition) is 5. The molecule has 0 bridgehead atoms. The Morgan fingerprint density at radius 3 is 2.85 bits per heavy atom. The van der Waals surface area contributed by atoms with Gasteiger partial charge in [-0.1, -0.05) is 11.2 Å². The minimum atomic E-state index is -4.52. The van der Waals surface area contributed by atoms with E-state index in [4.69, 9.17) is 9.26 Å². The van der Waals surface area contributed by atoms with Gasteiger partial charge in [0.15, 0.2) is 5.82 Å². The molecular weight excluding hydrogens is 375 g/mol. The number of nitrogens with one attached hydrogen (secondary N) is 2. The molecule has 1 aliphatic heterocycles. The number of halogens is 3. The zero-order chi connectivity index (χ0) is 18.5. The Hall–Kier alpha value is -2.53. The van der Waals surface area contributed by atoms with Crippen molar-refractivity contribution in [3.8, 4) is 0 Å². The molecule has 0 amide bonds. The third kappa shape index (κ3) is 2.82. The molecule has 0 aliphatic carbocycles. The van der Waals surface area contributed by atoms with Crippen LogP contribution in [0.1, 0.15) is 16.9 Å². The number of benzene rings is 1. The number of nitrogens with zero attached hydrogens (tertiary/aromatic N) is 1. The molecular formula is C15H12F3N3O4S. The number of rotatable bonds is 3. The highest BCUT2D eigenvalue weighted by atomic mass is 32.2. The standard InChI is InChI=1S/C15H12F3N3O4S/c16-15(17,18)8-1-2-9-11(5-8)19-6-13(9)26(22,23)21-14-10-7-24-4-3-12(10)25-20-14/h1-2,5-6,19H,3-4,7H2,(H,20,21). The Morgan fingerprint density at radius 2 is 2.08 bits per heavy atom. The van der Waals surface area contributed by atoms with Crippen LogP contribution < -0.4 is 4.72 Å². The molecule has 7 nitrogen and oxygen atoms in total. The van der Waals surface area contributed by atoms with Crippen molar-refractivity contribution in [2.24, 2.45) is 0 Å². The summed E-state index contributed by atoms with van der Waals surface area (Å²) in [5.41, 5.74) is -0.295. The van der Waals surface area contributed by atoms with E-state index in [1.165, 1.54) is 0 Å². The summed E-state index contributed by atoms with van der Waals surface area (Å²) in [7, 11) is -4.09. The first-order valence-corrected chi connectivity index (χ1v) is 9.00. The summed E-state index contributed by atoms with van der Waals surface area (Å²) in [6.07, 6.45) is -2.90. The van der Waals surface area contributed by atoms with Crippen LogP contribution in [-0.2, 0) is 34.0 Å². The van der Waals surface area contributed by atoms with Gasteiger partial charge in [-0.2, -0.15) is 13.2 Å². The topological polar surface area (TPSA) is 97.2 Å². The zero-order valence-corrected chi connectivity index (χ0v) is 13.9. The summed E-state index contributed by atoms with van der Waals surface area (Å²) >= 11 is 0. The number of aromatic amines is 1. The minimum Gasteiger partial charge on any atom is -0.376 e. The number of H-pyrrole nitrogens is 1. The maximum absolute atomic E-state index is 12.8. The lowest BCUT2D eigenvalue weighted by molar-refractivity contribution is -0.137. The first-order chi connectivity index (χ1) is 12.3. The minimum absolute atomic E-state index is 0.0148. The molecule has 11 heteroatoms. The van der Waals surface area contributed by atoms with Crippen LogP contribution in [0.3, 0.4) is 0 Å². The van der Waals surface area contributed by atoms with Crippen LogP contribution in [0, 0.1) is 0 Å². The average Bonchev–Trinajstić information content (AvgIpc) is 3.18. The molecule has 0 spiro atoms. The largest absolute Gasteiger partial charge is 0.416 e. The van der Waals surface area contributed by atoms with Crippen molar-refractivity contribution in [3.05, 3.63) is 41.3 Å². The van der Waals surface area contributed by atoms with E-state index in [1.54, 1.807) is 0 Å². The lowest BCUT2D eigenvalue weighted by atomic mass is 10.1. The number of ether oxygens (including phenoxy) is 1. The zero-order valence-electron chi connectivity index (χ0n) is 13.1. The van der Waals surface area contributed by atoms with Gasteiger partial charge >= 0.3 is 6.18 Å². The van der Waals surface area contributed by atoms with E-state index in [1.807, 2.05) is 0 Å². The molecule has 0 saturated carbocycles. The monoisotopic (exact) mass is 387 g/mol. The highest BCUT2D eigenvalue weighted by Gasteiger charge is 2.32. The van der Waals surface area contributed by atoms with Gasteiger partial charge in [0.1, 0.15) is 10.7 Å². The highest BCUT2D eigenvalue weighted by Crippen LogP contribution is 2.34. The Labute approximate surface area is 145 Å². The summed E-state index contributed by atoms with van der Waals surface area (Å²) in [6, 6.07) is 2.81. The van der Waals surface area contributed by atoms with Gasteiger partial charge < -0.3 is 14.2 Å². The van der Waals surface area contributed by atoms with Crippen LogP contribution >= 0.6 is 0 Å². The molecule has 4 rings (SSSR count). The summed E-state index contributed by atoms with van der Waals surface area (Å²) in [6.45, 7) is 0.623. The van der Waals surface area contributed by atoms with Gasteiger partial charge in [-0.05, 0) is 12.1 Å². The maximum atomic E-state index is 12.8. The summed E-state index contributed by atoms with van der Waals surface area (Å²) in [4.78, 5) is 2.38. The Balaban J connectivity index is 1.71. The van der Waals surface area contributed by atoms with E-state index in [0.29, 0.717) is 24.4 Å². The van der Waals surface area contributed by atoms with E-state index in [2.05, 4.69) is 14.9 Å². The number of sulfonamides is 1. The third-order valence-electron chi connectivity index (χ3n) is 4.08. The fraction of sp³-hybridized carbons (Fsp3) is 0.267. The molecule has 1 aromatic carbocycles. The second-order valence-corrected chi connectivity index (χ2v) is 7.40. The first kappa shape index (κ1) is 16.9. The fourth-order valence-corrected chi connectivity index (χ4v) is 3.99. The van der Waals surface area contributed by atoms with Crippen LogP contribution in [0.15, 0.2) is 33.8 Å². The van der Waals surface area contributed by atoms with Crippen LogP contribution in [0.5, 0.6) is 0 Å². The molecule has 2 aromatic heterocycles. The van der Waals surface area contributed by atoms with Crippen molar-refractivity contribution in [1.29, 1.82) is 0 Å². The van der Waals surface area contributed by atoms with Crippen molar-refractivity contribution in [2.45, 2.75) is 24.1 Å². The molecule has 3 heterocycles. The molecule has 1 aliphatic rings. The smallest absolute Gasteiger partial charge is 0.376 e.